The summed E-state index contributed by atoms with van der Waals surface area (Å²) in [7, 11) is 0. The third kappa shape index (κ3) is 4.93. The summed E-state index contributed by atoms with van der Waals surface area (Å²) >= 11 is 8.23. The van der Waals surface area contributed by atoms with Crippen molar-refractivity contribution in [2.75, 3.05) is 50.3 Å². The third-order valence-electron chi connectivity index (χ3n) is 7.24. The van der Waals surface area contributed by atoms with Gasteiger partial charge in [0.15, 0.2) is 11.5 Å². The number of rotatable bonds is 4. The van der Waals surface area contributed by atoms with Gasteiger partial charge in [0.1, 0.15) is 12.4 Å². The highest BCUT2D eigenvalue weighted by atomic mass is 35.5. The molecule has 0 bridgehead atoms. The van der Waals surface area contributed by atoms with Crippen molar-refractivity contribution >= 4 is 41.0 Å². The molecule has 1 saturated heterocycles. The Labute approximate surface area is 242 Å². The number of carbonyl (C=O) groups excluding carboxylic acids is 2. The number of aromatic nitrogens is 2. The molecule has 1 aromatic heterocycles. The molecule has 2 amide bonds. The molecule has 0 aliphatic carbocycles. The molecule has 210 valence electrons. The number of morpholine rings is 1. The monoisotopic (exact) mass is 582 g/mol. The van der Waals surface area contributed by atoms with Crippen molar-refractivity contribution in [3.63, 3.8) is 0 Å². The summed E-state index contributed by atoms with van der Waals surface area (Å²) in [5.74, 6) is 1.83. The van der Waals surface area contributed by atoms with Crippen LogP contribution in [-0.2, 0) is 19.7 Å². The highest BCUT2D eigenvalue weighted by Crippen LogP contribution is 2.50. The Morgan fingerprint density at radius 1 is 1.10 bits per heavy atom. The molecule has 9 nitrogen and oxygen atoms in total. The minimum Gasteiger partial charge on any atom is -0.454 e. The van der Waals surface area contributed by atoms with E-state index in [1.165, 1.54) is 11.8 Å². The number of nitrogens with zero attached hydrogens (tertiary/aromatic N) is 4. The Morgan fingerprint density at radius 3 is 2.60 bits per heavy atom. The van der Waals surface area contributed by atoms with Crippen LogP contribution in [0.5, 0.6) is 11.5 Å². The Morgan fingerprint density at radius 2 is 1.85 bits per heavy atom. The minimum absolute atomic E-state index is 0.0972. The Kier molecular flexibility index (Phi) is 7.18. The van der Waals surface area contributed by atoms with E-state index >= 15 is 0 Å². The zero-order chi connectivity index (χ0) is 28.0. The van der Waals surface area contributed by atoms with Gasteiger partial charge in [-0.2, -0.15) is 5.10 Å². The third-order valence-corrected chi connectivity index (χ3v) is 8.81. The number of halogens is 1. The summed E-state index contributed by atoms with van der Waals surface area (Å²) in [6.45, 7) is 8.35. The molecule has 3 aliphatic heterocycles. The number of hydrogen-bond donors (Lipinski definition) is 0. The van der Waals surface area contributed by atoms with Crippen LogP contribution in [0.25, 0.3) is 5.69 Å². The lowest BCUT2D eigenvalue weighted by molar-refractivity contribution is -0.134. The molecule has 1 atom stereocenters. The summed E-state index contributed by atoms with van der Waals surface area (Å²) < 4.78 is 18.4. The fraction of sp³-hybridized carbons (Fsp3) is 0.414. The Balaban J connectivity index is 1.56. The van der Waals surface area contributed by atoms with Crippen molar-refractivity contribution in [2.24, 2.45) is 0 Å². The number of benzene rings is 2. The van der Waals surface area contributed by atoms with Crippen LogP contribution < -0.4 is 14.4 Å². The maximum atomic E-state index is 13.9. The molecule has 1 fully saturated rings. The van der Waals surface area contributed by atoms with Gasteiger partial charge in [0.05, 0.1) is 40.6 Å². The first-order valence-electron chi connectivity index (χ1n) is 13.3. The number of hydrogen-bond acceptors (Lipinski definition) is 7. The van der Waals surface area contributed by atoms with Crippen LogP contribution in [0.1, 0.15) is 42.8 Å². The van der Waals surface area contributed by atoms with E-state index in [0.29, 0.717) is 54.3 Å². The normalized spacial score (nSPS) is 19.0. The SMILES string of the molecule is CC(C)(C)c1nn(-c2ccccc2Cl)c2c1[C@@H](c1ccc3c(c1)OCO3)SCC(=O)N2CC(=O)N1CCOCC1. The predicted octanol–water partition coefficient (Wildman–Crippen LogP) is 4.58. The molecule has 2 aromatic carbocycles. The van der Waals surface area contributed by atoms with Gasteiger partial charge in [0.2, 0.25) is 18.6 Å². The average Bonchev–Trinajstić information content (AvgIpc) is 3.54. The molecule has 0 unspecified atom stereocenters. The van der Waals surface area contributed by atoms with Crippen molar-refractivity contribution in [1.29, 1.82) is 0 Å². The number of anilines is 1. The van der Waals surface area contributed by atoms with E-state index < -0.39 is 0 Å². The standard InChI is InChI=1S/C29H31ClN4O5S/c1-29(2,3)27-25-26(18-8-9-21-22(14-18)39-17-38-21)40-16-24(36)33(15-23(35)32-10-12-37-13-11-32)28(25)34(31-27)20-7-5-4-6-19(20)30/h4-9,14,26H,10-13,15-17H2,1-3H3/t26-/m1/s1. The lowest BCUT2D eigenvalue weighted by Gasteiger charge is -2.30. The zero-order valence-corrected chi connectivity index (χ0v) is 24.3. The van der Waals surface area contributed by atoms with Crippen LogP contribution in [0, 0.1) is 0 Å². The lowest BCUT2D eigenvalue weighted by Crippen LogP contribution is -2.48. The fourth-order valence-corrected chi connectivity index (χ4v) is 6.66. The molecule has 0 radical (unpaired) electrons. The average molecular weight is 583 g/mol. The molecule has 40 heavy (non-hydrogen) atoms. The van der Waals surface area contributed by atoms with E-state index in [-0.39, 0.29) is 41.6 Å². The minimum atomic E-state index is -0.376. The molecule has 3 aliphatic rings. The van der Waals surface area contributed by atoms with Crippen LogP contribution in [0.4, 0.5) is 5.82 Å². The van der Waals surface area contributed by atoms with Crippen molar-refractivity contribution in [3.8, 4) is 17.2 Å². The van der Waals surface area contributed by atoms with E-state index in [1.54, 1.807) is 20.5 Å². The molecule has 6 rings (SSSR count). The van der Waals surface area contributed by atoms with Crippen molar-refractivity contribution in [3.05, 3.63) is 64.3 Å². The first-order chi connectivity index (χ1) is 19.2. The second-order valence-electron chi connectivity index (χ2n) is 11.0. The van der Waals surface area contributed by atoms with Crippen molar-refractivity contribution in [1.82, 2.24) is 14.7 Å². The number of para-hydroxylation sites is 1. The number of ether oxygens (including phenoxy) is 3. The van der Waals surface area contributed by atoms with Crippen LogP contribution in [0.15, 0.2) is 42.5 Å². The first-order valence-corrected chi connectivity index (χ1v) is 14.7. The largest absolute Gasteiger partial charge is 0.454 e. The smallest absolute Gasteiger partial charge is 0.242 e. The number of fused-ring (bicyclic) bond motifs is 2. The highest BCUT2D eigenvalue weighted by molar-refractivity contribution is 8.00. The van der Waals surface area contributed by atoms with Gasteiger partial charge in [-0.25, -0.2) is 4.68 Å². The summed E-state index contributed by atoms with van der Waals surface area (Å²) in [5.41, 5.74) is 2.95. The van der Waals surface area contributed by atoms with Crippen molar-refractivity contribution in [2.45, 2.75) is 31.4 Å². The van der Waals surface area contributed by atoms with Gasteiger partial charge in [-0.15, -0.1) is 11.8 Å². The van der Waals surface area contributed by atoms with Gasteiger partial charge >= 0.3 is 0 Å². The maximum absolute atomic E-state index is 13.9. The van der Waals surface area contributed by atoms with E-state index in [9.17, 15) is 9.59 Å². The van der Waals surface area contributed by atoms with Gasteiger partial charge in [-0.3, -0.25) is 14.5 Å². The van der Waals surface area contributed by atoms with Crippen LogP contribution >= 0.6 is 23.4 Å². The molecule has 0 saturated carbocycles. The van der Waals surface area contributed by atoms with Crippen LogP contribution in [0.2, 0.25) is 5.02 Å². The van der Waals surface area contributed by atoms with E-state index in [2.05, 4.69) is 20.8 Å². The quantitative estimate of drug-likeness (QED) is 0.445. The number of amides is 2. The highest BCUT2D eigenvalue weighted by Gasteiger charge is 2.41. The van der Waals surface area contributed by atoms with Gasteiger partial charge in [-0.05, 0) is 29.8 Å². The summed E-state index contributed by atoms with van der Waals surface area (Å²) in [4.78, 5) is 30.7. The molecule has 4 heterocycles. The van der Waals surface area contributed by atoms with Gasteiger partial charge in [0.25, 0.3) is 0 Å². The Bertz CT molecular complexity index is 1460. The molecular formula is C29H31ClN4O5S. The second kappa shape index (κ2) is 10.6. The van der Waals surface area contributed by atoms with Gasteiger partial charge in [-0.1, -0.05) is 50.6 Å². The van der Waals surface area contributed by atoms with Crippen LogP contribution in [-0.4, -0.2) is 71.9 Å². The predicted molar refractivity (Wildman–Crippen MR) is 154 cm³/mol. The molecule has 11 heteroatoms. The lowest BCUT2D eigenvalue weighted by atomic mass is 9.87. The van der Waals surface area contributed by atoms with Gasteiger partial charge < -0.3 is 19.1 Å². The van der Waals surface area contributed by atoms with Crippen LogP contribution in [0.3, 0.4) is 0 Å². The number of thioether (sulfide) groups is 1. The molecule has 0 spiro atoms. The zero-order valence-electron chi connectivity index (χ0n) is 22.7. The second-order valence-corrected chi connectivity index (χ2v) is 12.5. The fourth-order valence-electron chi connectivity index (χ4n) is 5.25. The molecular weight excluding hydrogens is 552 g/mol. The van der Waals surface area contributed by atoms with E-state index in [4.69, 9.17) is 30.9 Å². The van der Waals surface area contributed by atoms with E-state index in [0.717, 1.165) is 16.8 Å². The van der Waals surface area contributed by atoms with Crippen molar-refractivity contribution < 1.29 is 23.8 Å². The van der Waals surface area contributed by atoms with Gasteiger partial charge in [0, 0.05) is 24.1 Å². The molecule has 0 N–H and O–H groups in total. The summed E-state index contributed by atoms with van der Waals surface area (Å²) in [5, 5.41) is 5.36. The maximum Gasteiger partial charge on any atom is 0.242 e. The molecule has 3 aromatic rings. The topological polar surface area (TPSA) is 86.1 Å². The number of carbonyl (C=O) groups is 2. The summed E-state index contributed by atoms with van der Waals surface area (Å²) in [6.07, 6.45) is 0. The first kappa shape index (κ1) is 27.0. The van der Waals surface area contributed by atoms with E-state index in [1.807, 2.05) is 36.4 Å². The Hall–Kier alpha value is -3.21. The summed E-state index contributed by atoms with van der Waals surface area (Å²) in [6, 6.07) is 13.3.